The monoisotopic (exact) mass is 214 g/mol. The molecule has 1 saturated heterocycles. The summed E-state index contributed by atoms with van der Waals surface area (Å²) in [5.41, 5.74) is 0. The van der Waals surface area contributed by atoms with Gasteiger partial charge in [-0.25, -0.2) is 0 Å². The van der Waals surface area contributed by atoms with Gasteiger partial charge in [0.15, 0.2) is 0 Å². The Labute approximate surface area is 91.4 Å². The van der Waals surface area contributed by atoms with Crippen LogP contribution in [0.3, 0.4) is 0 Å². The molecule has 1 aliphatic carbocycles. The molecule has 0 spiro atoms. The molecule has 1 heterocycles. The van der Waals surface area contributed by atoms with Gasteiger partial charge in [-0.05, 0) is 18.8 Å². The van der Waals surface area contributed by atoms with E-state index in [0.29, 0.717) is 5.92 Å². The van der Waals surface area contributed by atoms with E-state index in [4.69, 9.17) is 9.84 Å². The van der Waals surface area contributed by atoms with Crippen LogP contribution in [-0.4, -0.2) is 35.1 Å². The predicted octanol–water partition coefficient (Wildman–Crippen LogP) is 1.47. The number of rotatable bonds is 2. The molecular weight excluding hydrogens is 192 g/mol. The third-order valence-electron chi connectivity index (χ3n) is 3.86. The molecule has 1 saturated carbocycles. The van der Waals surface area contributed by atoms with Gasteiger partial charge in [-0.3, -0.25) is 0 Å². The van der Waals surface area contributed by atoms with Crippen molar-refractivity contribution in [2.24, 2.45) is 5.92 Å². The molecule has 0 bridgehead atoms. The third kappa shape index (κ3) is 2.71. The average molecular weight is 214 g/mol. The molecule has 88 valence electrons. The Morgan fingerprint density at radius 2 is 1.73 bits per heavy atom. The van der Waals surface area contributed by atoms with Crippen LogP contribution >= 0.6 is 0 Å². The lowest BCUT2D eigenvalue weighted by Gasteiger charge is -2.21. The van der Waals surface area contributed by atoms with Crippen LogP contribution < -0.4 is 0 Å². The summed E-state index contributed by atoms with van der Waals surface area (Å²) in [7, 11) is 0. The van der Waals surface area contributed by atoms with E-state index < -0.39 is 6.10 Å². The summed E-state index contributed by atoms with van der Waals surface area (Å²) in [6, 6.07) is 0. The largest absolute Gasteiger partial charge is 0.394 e. The minimum absolute atomic E-state index is 0.0512. The lowest BCUT2D eigenvalue weighted by atomic mass is 9.92. The van der Waals surface area contributed by atoms with Gasteiger partial charge >= 0.3 is 0 Å². The van der Waals surface area contributed by atoms with Crippen LogP contribution in [0, 0.1) is 5.92 Å². The van der Waals surface area contributed by atoms with Crippen LogP contribution in [0.4, 0.5) is 0 Å². The molecule has 0 aromatic carbocycles. The number of ether oxygens (including phenoxy) is 1. The molecule has 2 unspecified atom stereocenters. The van der Waals surface area contributed by atoms with Gasteiger partial charge in [-0.15, -0.1) is 0 Å². The zero-order valence-corrected chi connectivity index (χ0v) is 9.27. The zero-order chi connectivity index (χ0) is 10.7. The topological polar surface area (TPSA) is 49.7 Å². The third-order valence-corrected chi connectivity index (χ3v) is 3.86. The molecule has 15 heavy (non-hydrogen) atoms. The molecule has 2 fully saturated rings. The van der Waals surface area contributed by atoms with Gasteiger partial charge in [-0.1, -0.05) is 25.7 Å². The van der Waals surface area contributed by atoms with Gasteiger partial charge < -0.3 is 14.9 Å². The van der Waals surface area contributed by atoms with Crippen LogP contribution in [0.15, 0.2) is 0 Å². The van der Waals surface area contributed by atoms with E-state index in [2.05, 4.69) is 0 Å². The molecule has 2 N–H and O–H groups in total. The summed E-state index contributed by atoms with van der Waals surface area (Å²) in [5, 5.41) is 18.7. The van der Waals surface area contributed by atoms with Crippen molar-refractivity contribution in [3.05, 3.63) is 0 Å². The Morgan fingerprint density at radius 3 is 2.27 bits per heavy atom. The van der Waals surface area contributed by atoms with Gasteiger partial charge in [0.25, 0.3) is 0 Å². The Kier molecular flexibility index (Phi) is 4.00. The van der Waals surface area contributed by atoms with Crippen molar-refractivity contribution in [2.75, 3.05) is 6.61 Å². The predicted molar refractivity (Wildman–Crippen MR) is 57.6 cm³/mol. The second-order valence-electron chi connectivity index (χ2n) is 4.95. The molecule has 2 rings (SSSR count). The molecule has 1 aliphatic heterocycles. The summed E-state index contributed by atoms with van der Waals surface area (Å²) in [6.45, 7) is -0.0512. The van der Waals surface area contributed by atoms with Crippen LogP contribution in [0.25, 0.3) is 0 Å². The highest BCUT2D eigenvalue weighted by Gasteiger charge is 2.37. The highest BCUT2D eigenvalue weighted by Crippen LogP contribution is 2.33. The first-order valence-electron chi connectivity index (χ1n) is 6.25. The quantitative estimate of drug-likeness (QED) is 0.684. The van der Waals surface area contributed by atoms with Crippen molar-refractivity contribution in [3.8, 4) is 0 Å². The van der Waals surface area contributed by atoms with Crippen molar-refractivity contribution in [2.45, 2.75) is 63.3 Å². The highest BCUT2D eigenvalue weighted by molar-refractivity contribution is 4.86. The summed E-state index contributed by atoms with van der Waals surface area (Å²) >= 11 is 0. The zero-order valence-electron chi connectivity index (χ0n) is 9.27. The first kappa shape index (κ1) is 11.4. The first-order valence-corrected chi connectivity index (χ1v) is 6.25. The maximum Gasteiger partial charge on any atom is 0.107 e. The van der Waals surface area contributed by atoms with E-state index in [0.717, 1.165) is 6.42 Å². The Bertz CT molecular complexity index is 187. The standard InChI is InChI=1S/C12H22O3/c13-8-12-10(14)7-11(15-12)9-5-3-1-2-4-6-9/h9-14H,1-8H2/t10-,11?,12?/m1/s1. The van der Waals surface area contributed by atoms with E-state index in [9.17, 15) is 5.11 Å². The number of aliphatic hydroxyl groups is 2. The minimum atomic E-state index is -0.455. The second kappa shape index (κ2) is 5.28. The SMILES string of the molecule is OCC1OC(C2CCCCCC2)C[C@H]1O. The summed E-state index contributed by atoms with van der Waals surface area (Å²) < 4.78 is 5.72. The highest BCUT2D eigenvalue weighted by atomic mass is 16.5. The second-order valence-corrected chi connectivity index (χ2v) is 4.95. The van der Waals surface area contributed by atoms with E-state index >= 15 is 0 Å². The molecule has 3 heteroatoms. The van der Waals surface area contributed by atoms with Crippen LogP contribution in [0.1, 0.15) is 44.9 Å². The molecule has 2 aliphatic rings. The molecule has 0 aromatic heterocycles. The van der Waals surface area contributed by atoms with E-state index in [1.54, 1.807) is 0 Å². The fraction of sp³-hybridized carbons (Fsp3) is 1.00. The van der Waals surface area contributed by atoms with E-state index in [1.807, 2.05) is 0 Å². The van der Waals surface area contributed by atoms with E-state index in [1.165, 1.54) is 38.5 Å². The average Bonchev–Trinajstić information content (AvgIpc) is 2.48. The maximum atomic E-state index is 9.68. The van der Waals surface area contributed by atoms with Gasteiger partial charge in [0.05, 0.1) is 18.8 Å². The van der Waals surface area contributed by atoms with E-state index in [-0.39, 0.29) is 18.8 Å². The van der Waals surface area contributed by atoms with Crippen LogP contribution in [0.5, 0.6) is 0 Å². The minimum Gasteiger partial charge on any atom is -0.394 e. The number of hydrogen-bond donors (Lipinski definition) is 2. The Hall–Kier alpha value is -0.120. The number of aliphatic hydroxyl groups excluding tert-OH is 2. The molecular formula is C12H22O3. The molecule has 0 radical (unpaired) electrons. The van der Waals surface area contributed by atoms with Crippen molar-refractivity contribution >= 4 is 0 Å². The molecule has 0 amide bonds. The molecule has 3 atom stereocenters. The number of hydrogen-bond acceptors (Lipinski definition) is 3. The maximum absolute atomic E-state index is 9.68. The Morgan fingerprint density at radius 1 is 1.07 bits per heavy atom. The fourth-order valence-corrected chi connectivity index (χ4v) is 2.91. The van der Waals surface area contributed by atoms with Crippen LogP contribution in [-0.2, 0) is 4.74 Å². The van der Waals surface area contributed by atoms with Crippen molar-refractivity contribution in [1.82, 2.24) is 0 Å². The van der Waals surface area contributed by atoms with Gasteiger partial charge in [0.2, 0.25) is 0 Å². The molecule has 0 aromatic rings. The smallest absolute Gasteiger partial charge is 0.107 e. The van der Waals surface area contributed by atoms with Crippen LogP contribution in [0.2, 0.25) is 0 Å². The van der Waals surface area contributed by atoms with Gasteiger partial charge in [0.1, 0.15) is 6.10 Å². The summed E-state index contributed by atoms with van der Waals surface area (Å²) in [6.07, 6.45) is 7.86. The van der Waals surface area contributed by atoms with Gasteiger partial charge in [-0.2, -0.15) is 0 Å². The van der Waals surface area contributed by atoms with Crippen molar-refractivity contribution in [1.29, 1.82) is 0 Å². The summed E-state index contributed by atoms with van der Waals surface area (Å²) in [4.78, 5) is 0. The fourth-order valence-electron chi connectivity index (χ4n) is 2.91. The van der Waals surface area contributed by atoms with Gasteiger partial charge in [0, 0.05) is 6.42 Å². The normalized spacial score (nSPS) is 39.2. The lowest BCUT2D eigenvalue weighted by Crippen LogP contribution is -2.25. The van der Waals surface area contributed by atoms with Crippen molar-refractivity contribution in [3.63, 3.8) is 0 Å². The lowest BCUT2D eigenvalue weighted by molar-refractivity contribution is -0.0399. The Balaban J connectivity index is 1.88. The van der Waals surface area contributed by atoms with Crippen molar-refractivity contribution < 1.29 is 14.9 Å². The summed E-state index contributed by atoms with van der Waals surface area (Å²) in [5.74, 6) is 0.610. The molecule has 3 nitrogen and oxygen atoms in total. The first-order chi connectivity index (χ1) is 7.31.